The van der Waals surface area contributed by atoms with Crippen molar-refractivity contribution < 1.29 is 4.74 Å². The highest BCUT2D eigenvalue weighted by Gasteiger charge is 2.07. The average Bonchev–Trinajstić information content (AvgIpc) is 2.43. The van der Waals surface area contributed by atoms with E-state index in [9.17, 15) is 9.59 Å². The number of nitrogens with two attached hydrogens (primary N) is 1. The Bertz CT molecular complexity index is 880. The number of nitrogen functional groups attached to an aromatic ring is 1. The topological polar surface area (TPSA) is 114 Å². The Hall–Kier alpha value is -3.09. The summed E-state index contributed by atoms with van der Waals surface area (Å²) in [6.45, 7) is 0. The first-order valence-electron chi connectivity index (χ1n) is 5.78. The minimum absolute atomic E-state index is 0.252. The van der Waals surface area contributed by atoms with Gasteiger partial charge in [0.25, 0.3) is 0 Å². The smallest absolute Gasteiger partial charge is 0.315 e. The standard InChI is InChI=1S/C13H10N4O3/c14-7-1-3-8(4-2-7)20-9-5-6-15-11-10(9)16-12(18)13(19)17-11/h1-6H,14H2,(H,16,18)(H,15,17,19). The van der Waals surface area contributed by atoms with E-state index in [-0.39, 0.29) is 5.65 Å². The molecule has 0 aliphatic carbocycles. The summed E-state index contributed by atoms with van der Waals surface area (Å²) in [6.07, 6.45) is 1.48. The third-order valence-electron chi connectivity index (χ3n) is 2.70. The van der Waals surface area contributed by atoms with Crippen molar-refractivity contribution in [2.24, 2.45) is 0 Å². The van der Waals surface area contributed by atoms with Crippen molar-refractivity contribution in [2.45, 2.75) is 0 Å². The molecular weight excluding hydrogens is 260 g/mol. The first-order valence-corrected chi connectivity index (χ1v) is 5.78. The lowest BCUT2D eigenvalue weighted by atomic mass is 10.3. The summed E-state index contributed by atoms with van der Waals surface area (Å²) in [5, 5.41) is 0. The number of hydrogen-bond acceptors (Lipinski definition) is 5. The molecule has 0 amide bonds. The van der Waals surface area contributed by atoms with Crippen molar-refractivity contribution in [3.8, 4) is 11.5 Å². The van der Waals surface area contributed by atoms with Crippen molar-refractivity contribution >= 4 is 16.9 Å². The van der Waals surface area contributed by atoms with Crippen LogP contribution in [0.4, 0.5) is 5.69 Å². The predicted octanol–water partition coefficient (Wildman–Crippen LogP) is 0.986. The van der Waals surface area contributed by atoms with Gasteiger partial charge in [-0.25, -0.2) is 4.98 Å². The first kappa shape index (κ1) is 12.0. The van der Waals surface area contributed by atoms with Crippen LogP contribution >= 0.6 is 0 Å². The molecule has 20 heavy (non-hydrogen) atoms. The molecule has 0 atom stereocenters. The van der Waals surface area contributed by atoms with E-state index in [1.54, 1.807) is 30.3 Å². The highest BCUT2D eigenvalue weighted by atomic mass is 16.5. The van der Waals surface area contributed by atoms with Gasteiger partial charge in [0, 0.05) is 18.0 Å². The highest BCUT2D eigenvalue weighted by molar-refractivity contribution is 5.76. The van der Waals surface area contributed by atoms with E-state index in [4.69, 9.17) is 10.5 Å². The van der Waals surface area contributed by atoms with E-state index in [1.807, 2.05) is 0 Å². The van der Waals surface area contributed by atoms with Gasteiger partial charge in [-0.3, -0.25) is 9.59 Å². The second kappa shape index (κ2) is 4.54. The molecule has 0 saturated carbocycles. The summed E-state index contributed by atoms with van der Waals surface area (Å²) >= 11 is 0. The van der Waals surface area contributed by atoms with Crippen LogP contribution in [0.15, 0.2) is 46.1 Å². The fraction of sp³-hybridized carbons (Fsp3) is 0. The molecule has 3 rings (SSSR count). The molecule has 1 aromatic carbocycles. The minimum atomic E-state index is -0.757. The van der Waals surface area contributed by atoms with Crippen LogP contribution in [-0.2, 0) is 0 Å². The number of pyridine rings is 1. The number of anilines is 1. The van der Waals surface area contributed by atoms with Crippen molar-refractivity contribution in [3.05, 3.63) is 57.2 Å². The molecule has 0 unspecified atom stereocenters. The number of benzene rings is 1. The maximum atomic E-state index is 11.4. The highest BCUT2D eigenvalue weighted by Crippen LogP contribution is 2.25. The molecule has 0 radical (unpaired) electrons. The van der Waals surface area contributed by atoms with Gasteiger partial charge in [-0.15, -0.1) is 0 Å². The monoisotopic (exact) mass is 270 g/mol. The van der Waals surface area contributed by atoms with Gasteiger partial charge in [0.05, 0.1) is 0 Å². The zero-order chi connectivity index (χ0) is 14.1. The van der Waals surface area contributed by atoms with E-state index >= 15 is 0 Å². The van der Waals surface area contributed by atoms with Gasteiger partial charge in [0.15, 0.2) is 11.4 Å². The van der Waals surface area contributed by atoms with Gasteiger partial charge in [0.2, 0.25) is 0 Å². The maximum Gasteiger partial charge on any atom is 0.315 e. The summed E-state index contributed by atoms with van der Waals surface area (Å²) in [6, 6.07) is 8.39. The van der Waals surface area contributed by atoms with Crippen LogP contribution in [0.5, 0.6) is 11.5 Å². The predicted molar refractivity (Wildman–Crippen MR) is 73.9 cm³/mol. The third kappa shape index (κ3) is 2.12. The lowest BCUT2D eigenvalue weighted by molar-refractivity contribution is 0.486. The molecule has 0 aliphatic rings. The largest absolute Gasteiger partial charge is 0.455 e. The number of hydrogen-bond donors (Lipinski definition) is 3. The average molecular weight is 270 g/mol. The Balaban J connectivity index is 2.12. The van der Waals surface area contributed by atoms with E-state index in [2.05, 4.69) is 15.0 Å². The molecule has 7 heteroatoms. The molecular formula is C13H10N4O3. The van der Waals surface area contributed by atoms with Crippen LogP contribution in [0.3, 0.4) is 0 Å². The number of nitrogens with zero attached hydrogens (tertiary/aromatic N) is 1. The summed E-state index contributed by atoms with van der Waals surface area (Å²) in [5.74, 6) is 0.937. The van der Waals surface area contributed by atoms with Gasteiger partial charge in [-0.1, -0.05) is 0 Å². The van der Waals surface area contributed by atoms with Crippen LogP contribution in [0.25, 0.3) is 11.2 Å². The SMILES string of the molecule is Nc1ccc(Oc2ccnc3[nH]c(=O)c(=O)[nH]c23)cc1. The minimum Gasteiger partial charge on any atom is -0.455 e. The second-order valence-corrected chi connectivity index (χ2v) is 4.11. The number of aromatic nitrogens is 3. The Kier molecular flexibility index (Phi) is 2.72. The normalized spacial score (nSPS) is 10.6. The van der Waals surface area contributed by atoms with Crippen LogP contribution < -0.4 is 21.6 Å². The van der Waals surface area contributed by atoms with Crippen molar-refractivity contribution in [1.82, 2.24) is 15.0 Å². The molecule has 0 saturated heterocycles. The molecule has 4 N–H and O–H groups in total. The third-order valence-corrected chi connectivity index (χ3v) is 2.70. The molecule has 0 fully saturated rings. The lowest BCUT2D eigenvalue weighted by Crippen LogP contribution is -2.29. The molecule has 0 aliphatic heterocycles. The number of nitrogens with one attached hydrogen (secondary N) is 2. The molecule has 0 spiro atoms. The second-order valence-electron chi connectivity index (χ2n) is 4.11. The maximum absolute atomic E-state index is 11.4. The molecule has 100 valence electrons. The number of fused-ring (bicyclic) bond motifs is 1. The fourth-order valence-electron chi connectivity index (χ4n) is 1.74. The number of ether oxygens (including phenoxy) is 1. The molecule has 2 aromatic heterocycles. The molecule has 0 bridgehead atoms. The Labute approximate surface area is 112 Å². The zero-order valence-corrected chi connectivity index (χ0v) is 10.2. The van der Waals surface area contributed by atoms with Gasteiger partial charge in [0.1, 0.15) is 11.3 Å². The van der Waals surface area contributed by atoms with Gasteiger partial charge in [-0.2, -0.15) is 0 Å². The van der Waals surface area contributed by atoms with Crippen LogP contribution in [0, 0.1) is 0 Å². The molecule has 2 heterocycles. The summed E-state index contributed by atoms with van der Waals surface area (Å²) in [5.41, 5.74) is 5.28. The number of rotatable bonds is 2. The van der Waals surface area contributed by atoms with Crippen LogP contribution in [-0.4, -0.2) is 15.0 Å². The number of H-pyrrole nitrogens is 2. The van der Waals surface area contributed by atoms with E-state index in [0.717, 1.165) is 0 Å². The quantitative estimate of drug-likeness (QED) is 0.474. The zero-order valence-electron chi connectivity index (χ0n) is 10.2. The van der Waals surface area contributed by atoms with Crippen molar-refractivity contribution in [2.75, 3.05) is 5.73 Å². The van der Waals surface area contributed by atoms with Crippen LogP contribution in [0.1, 0.15) is 0 Å². The van der Waals surface area contributed by atoms with Gasteiger partial charge >= 0.3 is 11.1 Å². The number of aromatic amines is 2. The van der Waals surface area contributed by atoms with Gasteiger partial charge < -0.3 is 20.4 Å². The van der Waals surface area contributed by atoms with Gasteiger partial charge in [-0.05, 0) is 24.3 Å². The summed E-state index contributed by atoms with van der Waals surface area (Å²) < 4.78 is 5.65. The lowest BCUT2D eigenvalue weighted by Gasteiger charge is -2.07. The molecule has 3 aromatic rings. The van der Waals surface area contributed by atoms with E-state index < -0.39 is 11.1 Å². The van der Waals surface area contributed by atoms with E-state index in [1.165, 1.54) is 6.20 Å². The van der Waals surface area contributed by atoms with Crippen molar-refractivity contribution in [1.29, 1.82) is 0 Å². The van der Waals surface area contributed by atoms with Crippen LogP contribution in [0.2, 0.25) is 0 Å². The van der Waals surface area contributed by atoms with Crippen molar-refractivity contribution in [3.63, 3.8) is 0 Å². The Morgan fingerprint density at radius 1 is 1.00 bits per heavy atom. The fourth-order valence-corrected chi connectivity index (χ4v) is 1.74. The van der Waals surface area contributed by atoms with E-state index in [0.29, 0.717) is 22.7 Å². The first-order chi connectivity index (χ1) is 9.63. The summed E-state index contributed by atoms with van der Waals surface area (Å²) in [4.78, 5) is 31.4. The summed E-state index contributed by atoms with van der Waals surface area (Å²) in [7, 11) is 0. The Morgan fingerprint density at radius 2 is 1.70 bits per heavy atom. The Morgan fingerprint density at radius 3 is 2.45 bits per heavy atom. The molecule has 7 nitrogen and oxygen atoms in total.